The molecule has 1 saturated heterocycles. The van der Waals surface area contributed by atoms with Crippen molar-refractivity contribution in [2.24, 2.45) is 11.8 Å². The van der Waals surface area contributed by atoms with Crippen LogP contribution < -0.4 is 5.32 Å². The zero-order valence-corrected chi connectivity index (χ0v) is 6.96. The van der Waals surface area contributed by atoms with Gasteiger partial charge in [0, 0.05) is 24.9 Å². The lowest BCUT2D eigenvalue weighted by Crippen LogP contribution is -2.46. The van der Waals surface area contributed by atoms with Crippen molar-refractivity contribution in [3.8, 4) is 0 Å². The Hall–Kier alpha value is 0.110. The van der Waals surface area contributed by atoms with Gasteiger partial charge in [0.1, 0.15) is 0 Å². The molecule has 1 saturated carbocycles. The highest BCUT2D eigenvalue weighted by molar-refractivity contribution is 5.85. The number of rotatable bonds is 0. The van der Waals surface area contributed by atoms with E-state index in [4.69, 9.17) is 0 Å². The first-order chi connectivity index (χ1) is 4.71. The van der Waals surface area contributed by atoms with E-state index in [1.54, 1.807) is 0 Å². The molecule has 0 aromatic carbocycles. The molecule has 2 unspecified atom stereocenters. The summed E-state index contributed by atoms with van der Waals surface area (Å²) in [6, 6.07) is 0. The van der Waals surface area contributed by atoms with Gasteiger partial charge in [0.2, 0.25) is 0 Å². The van der Waals surface area contributed by atoms with E-state index in [9.17, 15) is 8.78 Å². The van der Waals surface area contributed by atoms with Crippen LogP contribution in [0.3, 0.4) is 0 Å². The quantitative estimate of drug-likeness (QED) is 0.603. The third-order valence-corrected chi connectivity index (χ3v) is 2.73. The lowest BCUT2D eigenvalue weighted by molar-refractivity contribution is -0.0890. The van der Waals surface area contributed by atoms with Gasteiger partial charge in [-0.3, -0.25) is 0 Å². The Kier molecular flexibility index (Phi) is 2.40. The Morgan fingerprint density at radius 3 is 1.91 bits per heavy atom. The second-order valence-corrected chi connectivity index (χ2v) is 3.30. The molecule has 0 spiro atoms. The number of fused-ring (bicyclic) bond motifs is 2. The maximum absolute atomic E-state index is 13.0. The van der Waals surface area contributed by atoms with Gasteiger partial charge in [-0.15, -0.1) is 12.4 Å². The molecule has 66 valence electrons. The van der Waals surface area contributed by atoms with Crippen LogP contribution in [0.5, 0.6) is 0 Å². The summed E-state index contributed by atoms with van der Waals surface area (Å²) >= 11 is 0. The number of hydrogen-bond donors (Lipinski definition) is 1. The normalized spacial score (nSPS) is 39.8. The third-order valence-electron chi connectivity index (χ3n) is 2.73. The van der Waals surface area contributed by atoms with E-state index in [-0.39, 0.29) is 24.2 Å². The standard InChI is InChI=1S/C7H11F2N.ClH/c8-7(9)5-1-2-6(7)4-10-3-5;/h5-6,10H,1-4H2;1H. The smallest absolute Gasteiger partial charge is 0.256 e. The lowest BCUT2D eigenvalue weighted by Gasteiger charge is -2.30. The molecule has 1 nitrogen and oxygen atoms in total. The van der Waals surface area contributed by atoms with Crippen LogP contribution in [-0.4, -0.2) is 19.0 Å². The number of hydrogen-bond acceptors (Lipinski definition) is 1. The van der Waals surface area contributed by atoms with Crippen LogP contribution in [0, 0.1) is 11.8 Å². The minimum absolute atomic E-state index is 0. The highest BCUT2D eigenvalue weighted by Crippen LogP contribution is 2.46. The Morgan fingerprint density at radius 2 is 1.55 bits per heavy atom. The summed E-state index contributed by atoms with van der Waals surface area (Å²) in [5.41, 5.74) is 0. The van der Waals surface area contributed by atoms with Crippen LogP contribution in [0.4, 0.5) is 8.78 Å². The van der Waals surface area contributed by atoms with Gasteiger partial charge in [-0.05, 0) is 12.8 Å². The Bertz CT molecular complexity index is 133. The fourth-order valence-corrected chi connectivity index (χ4v) is 2.03. The number of piperidine rings is 1. The van der Waals surface area contributed by atoms with Gasteiger partial charge in [0.25, 0.3) is 5.92 Å². The molecule has 0 aromatic rings. The predicted octanol–water partition coefficient (Wildman–Crippen LogP) is 1.67. The number of halogens is 3. The Balaban J connectivity index is 0.000000605. The van der Waals surface area contributed by atoms with Crippen molar-refractivity contribution in [3.63, 3.8) is 0 Å². The molecule has 2 fully saturated rings. The van der Waals surface area contributed by atoms with E-state index in [1.165, 1.54) is 0 Å². The largest absolute Gasteiger partial charge is 0.316 e. The molecule has 2 aliphatic rings. The van der Waals surface area contributed by atoms with Crippen LogP contribution >= 0.6 is 12.4 Å². The number of alkyl halides is 2. The first-order valence-electron chi connectivity index (χ1n) is 3.80. The summed E-state index contributed by atoms with van der Waals surface area (Å²) in [6.45, 7) is 1.03. The molecule has 2 atom stereocenters. The van der Waals surface area contributed by atoms with Gasteiger partial charge in [-0.25, -0.2) is 8.78 Å². The van der Waals surface area contributed by atoms with Crippen molar-refractivity contribution < 1.29 is 8.78 Å². The zero-order chi connectivity index (χ0) is 7.19. The van der Waals surface area contributed by atoms with Gasteiger partial charge in [-0.2, -0.15) is 0 Å². The van der Waals surface area contributed by atoms with Crippen molar-refractivity contribution >= 4 is 12.4 Å². The molecule has 4 heteroatoms. The van der Waals surface area contributed by atoms with Crippen molar-refractivity contribution in [1.82, 2.24) is 5.32 Å². The van der Waals surface area contributed by atoms with E-state index in [1.807, 2.05) is 0 Å². The van der Waals surface area contributed by atoms with E-state index < -0.39 is 5.92 Å². The van der Waals surface area contributed by atoms with Crippen molar-refractivity contribution in [1.29, 1.82) is 0 Å². The minimum Gasteiger partial charge on any atom is -0.316 e. The summed E-state index contributed by atoms with van der Waals surface area (Å²) in [5.74, 6) is -3.09. The van der Waals surface area contributed by atoms with E-state index in [2.05, 4.69) is 5.32 Å². The van der Waals surface area contributed by atoms with E-state index in [0.717, 1.165) is 0 Å². The molecule has 2 rings (SSSR count). The maximum atomic E-state index is 13.0. The maximum Gasteiger partial charge on any atom is 0.256 e. The molecule has 0 radical (unpaired) electrons. The van der Waals surface area contributed by atoms with Crippen LogP contribution in [0.25, 0.3) is 0 Å². The average Bonchev–Trinajstić information content (AvgIpc) is 2.17. The summed E-state index contributed by atoms with van der Waals surface area (Å²) in [4.78, 5) is 0. The van der Waals surface area contributed by atoms with Crippen molar-refractivity contribution in [3.05, 3.63) is 0 Å². The van der Waals surface area contributed by atoms with Gasteiger partial charge in [-0.1, -0.05) is 0 Å². The molecule has 2 bridgehead atoms. The Labute approximate surface area is 71.0 Å². The highest BCUT2D eigenvalue weighted by atomic mass is 35.5. The number of nitrogens with one attached hydrogen (secondary N) is 1. The van der Waals surface area contributed by atoms with Gasteiger partial charge >= 0.3 is 0 Å². The molecule has 1 aliphatic heterocycles. The first-order valence-corrected chi connectivity index (χ1v) is 3.80. The van der Waals surface area contributed by atoms with Gasteiger partial charge in [0.15, 0.2) is 0 Å². The predicted molar refractivity (Wildman–Crippen MR) is 41.3 cm³/mol. The summed E-state index contributed by atoms with van der Waals surface area (Å²) in [7, 11) is 0. The van der Waals surface area contributed by atoms with Crippen LogP contribution in [0.1, 0.15) is 12.8 Å². The lowest BCUT2D eigenvalue weighted by atomic mass is 9.96. The third kappa shape index (κ3) is 1.25. The fourth-order valence-electron chi connectivity index (χ4n) is 2.03. The van der Waals surface area contributed by atoms with Crippen LogP contribution in [-0.2, 0) is 0 Å². The first kappa shape index (κ1) is 9.20. The monoisotopic (exact) mass is 183 g/mol. The van der Waals surface area contributed by atoms with Gasteiger partial charge < -0.3 is 5.32 Å². The second kappa shape index (κ2) is 2.87. The van der Waals surface area contributed by atoms with E-state index in [0.29, 0.717) is 25.9 Å². The second-order valence-electron chi connectivity index (χ2n) is 3.30. The fraction of sp³-hybridized carbons (Fsp3) is 1.00. The molecule has 1 N–H and O–H groups in total. The SMILES string of the molecule is Cl.FC1(F)C2CCC1CNC2. The minimum atomic E-state index is -2.36. The van der Waals surface area contributed by atoms with E-state index >= 15 is 0 Å². The van der Waals surface area contributed by atoms with Gasteiger partial charge in [0.05, 0.1) is 0 Å². The molecule has 1 aliphatic carbocycles. The summed E-state index contributed by atoms with van der Waals surface area (Å²) in [5, 5.41) is 3.02. The summed E-state index contributed by atoms with van der Waals surface area (Å²) in [6.07, 6.45) is 1.43. The highest BCUT2D eigenvalue weighted by Gasteiger charge is 2.53. The molecule has 11 heavy (non-hydrogen) atoms. The van der Waals surface area contributed by atoms with Crippen molar-refractivity contribution in [2.45, 2.75) is 18.8 Å². The molecule has 0 amide bonds. The Morgan fingerprint density at radius 1 is 1.09 bits per heavy atom. The average molecular weight is 184 g/mol. The zero-order valence-electron chi connectivity index (χ0n) is 6.15. The van der Waals surface area contributed by atoms with Crippen LogP contribution in [0.15, 0.2) is 0 Å². The molecular formula is C7H12ClF2N. The van der Waals surface area contributed by atoms with Crippen LogP contribution in [0.2, 0.25) is 0 Å². The topological polar surface area (TPSA) is 12.0 Å². The molecule has 1 heterocycles. The molecule has 0 aromatic heterocycles. The van der Waals surface area contributed by atoms with Crippen molar-refractivity contribution in [2.75, 3.05) is 13.1 Å². The summed E-state index contributed by atoms with van der Waals surface area (Å²) < 4.78 is 26.0. The molecular weight excluding hydrogens is 172 g/mol.